The van der Waals surface area contributed by atoms with Gasteiger partial charge in [-0.05, 0) is 24.0 Å². The lowest BCUT2D eigenvalue weighted by molar-refractivity contribution is 0.509. The van der Waals surface area contributed by atoms with Gasteiger partial charge >= 0.3 is 0 Å². The first-order valence-electron chi connectivity index (χ1n) is 6.12. The van der Waals surface area contributed by atoms with Crippen LogP contribution in [0.5, 0.6) is 0 Å². The Hall–Kier alpha value is -0.520. The van der Waals surface area contributed by atoms with Crippen molar-refractivity contribution in [2.24, 2.45) is 0 Å². The molecule has 18 heavy (non-hydrogen) atoms. The minimum absolute atomic E-state index is 0.102. The van der Waals surface area contributed by atoms with Crippen LogP contribution in [0.4, 0.5) is 0 Å². The van der Waals surface area contributed by atoms with E-state index in [1.165, 1.54) is 0 Å². The second-order valence-electron chi connectivity index (χ2n) is 4.43. The highest BCUT2D eigenvalue weighted by molar-refractivity contribution is 8.31. The van der Waals surface area contributed by atoms with E-state index in [9.17, 15) is 8.42 Å². The SMILES string of the molecule is CCCS(=O)(=O)OS(C)(CC)Cc1ccccc1. The predicted octanol–water partition coefficient (Wildman–Crippen LogP) is 3.31. The molecule has 0 aliphatic carbocycles. The fourth-order valence-corrected chi connectivity index (χ4v) is 6.09. The molecule has 3 nitrogen and oxygen atoms in total. The Balaban J connectivity index is 2.80. The minimum Gasteiger partial charge on any atom is -0.220 e. The van der Waals surface area contributed by atoms with Gasteiger partial charge < -0.3 is 0 Å². The lowest BCUT2D eigenvalue weighted by Crippen LogP contribution is -2.17. The Morgan fingerprint density at radius 1 is 1.11 bits per heavy atom. The van der Waals surface area contributed by atoms with Gasteiger partial charge in [0.25, 0.3) is 10.1 Å². The molecule has 0 fully saturated rings. The second-order valence-corrected chi connectivity index (χ2v) is 9.73. The molecule has 0 aromatic heterocycles. The fourth-order valence-electron chi connectivity index (χ4n) is 1.64. The number of hydrogen-bond acceptors (Lipinski definition) is 3. The van der Waals surface area contributed by atoms with E-state index in [2.05, 4.69) is 0 Å². The maximum absolute atomic E-state index is 11.8. The van der Waals surface area contributed by atoms with Gasteiger partial charge in [-0.2, -0.15) is 8.42 Å². The topological polar surface area (TPSA) is 43.4 Å². The van der Waals surface area contributed by atoms with Gasteiger partial charge in [-0.15, -0.1) is 10.3 Å². The van der Waals surface area contributed by atoms with Crippen LogP contribution in [0.25, 0.3) is 0 Å². The van der Waals surface area contributed by atoms with Crippen LogP contribution in [0.3, 0.4) is 0 Å². The molecule has 0 saturated heterocycles. The normalized spacial score (nSPS) is 17.1. The van der Waals surface area contributed by atoms with E-state index in [1.54, 1.807) is 0 Å². The zero-order valence-corrected chi connectivity index (χ0v) is 12.9. The lowest BCUT2D eigenvalue weighted by Gasteiger charge is -2.33. The summed E-state index contributed by atoms with van der Waals surface area (Å²) in [4.78, 5) is 0. The summed E-state index contributed by atoms with van der Waals surface area (Å²) in [5.41, 5.74) is 1.13. The molecule has 104 valence electrons. The number of benzene rings is 1. The van der Waals surface area contributed by atoms with Crippen LogP contribution < -0.4 is 0 Å². The summed E-state index contributed by atoms with van der Waals surface area (Å²) in [6.45, 7) is 3.83. The standard InChI is InChI=1S/C13H22O3S2/c1-4-11-18(14,15)16-17(3,5-2)12-13-9-7-6-8-10-13/h6-10H,4-5,11-12H2,1-3H3. The number of hydrogen-bond donors (Lipinski definition) is 0. The van der Waals surface area contributed by atoms with Crippen LogP contribution in [0.2, 0.25) is 0 Å². The summed E-state index contributed by atoms with van der Waals surface area (Å²) < 4.78 is 29.1. The molecule has 0 spiro atoms. The molecule has 0 radical (unpaired) electrons. The average molecular weight is 290 g/mol. The quantitative estimate of drug-likeness (QED) is 0.774. The third-order valence-corrected chi connectivity index (χ3v) is 7.86. The fraction of sp³-hybridized carbons (Fsp3) is 0.538. The molecule has 5 heteroatoms. The van der Waals surface area contributed by atoms with Gasteiger partial charge in [-0.1, -0.05) is 44.2 Å². The van der Waals surface area contributed by atoms with E-state index in [0.29, 0.717) is 12.2 Å². The van der Waals surface area contributed by atoms with E-state index >= 15 is 0 Å². The third-order valence-electron chi connectivity index (χ3n) is 2.65. The molecule has 0 N–H and O–H groups in total. The van der Waals surface area contributed by atoms with Crippen molar-refractivity contribution in [1.29, 1.82) is 0 Å². The van der Waals surface area contributed by atoms with Gasteiger partial charge in [-0.25, -0.2) is 3.63 Å². The minimum atomic E-state index is -3.38. The third kappa shape index (κ3) is 5.00. The molecular weight excluding hydrogens is 268 g/mol. The van der Waals surface area contributed by atoms with Gasteiger partial charge in [0.1, 0.15) is 0 Å². The van der Waals surface area contributed by atoms with Gasteiger partial charge in [0.2, 0.25) is 0 Å². The highest BCUT2D eigenvalue weighted by atomic mass is 32.3. The number of rotatable bonds is 7. The Bertz CT molecular complexity index is 456. The van der Waals surface area contributed by atoms with Crippen molar-refractivity contribution < 1.29 is 12.0 Å². The highest BCUT2D eigenvalue weighted by Gasteiger charge is 2.25. The Morgan fingerprint density at radius 3 is 2.22 bits per heavy atom. The van der Waals surface area contributed by atoms with Crippen LogP contribution >= 0.6 is 10.3 Å². The van der Waals surface area contributed by atoms with E-state index in [0.717, 1.165) is 11.3 Å². The average Bonchev–Trinajstić information content (AvgIpc) is 2.29. The van der Waals surface area contributed by atoms with E-state index in [4.69, 9.17) is 3.63 Å². The molecule has 1 atom stereocenters. The van der Waals surface area contributed by atoms with Crippen molar-refractivity contribution in [1.82, 2.24) is 0 Å². The Morgan fingerprint density at radius 2 is 1.72 bits per heavy atom. The molecule has 0 saturated carbocycles. The van der Waals surface area contributed by atoms with Crippen molar-refractivity contribution in [3.63, 3.8) is 0 Å². The largest absolute Gasteiger partial charge is 0.276 e. The Kier molecular flexibility index (Phi) is 5.69. The molecule has 1 unspecified atom stereocenters. The summed E-state index contributed by atoms with van der Waals surface area (Å²) in [6.07, 6.45) is 2.53. The molecule has 1 rings (SSSR count). The Labute approximate surface area is 112 Å². The van der Waals surface area contributed by atoms with Gasteiger partial charge in [0.05, 0.1) is 5.75 Å². The lowest BCUT2D eigenvalue weighted by atomic mass is 10.2. The van der Waals surface area contributed by atoms with Crippen molar-refractivity contribution in [3.8, 4) is 0 Å². The zero-order chi connectivity index (χ0) is 13.6. The van der Waals surface area contributed by atoms with Crippen LogP contribution in [0.1, 0.15) is 25.8 Å². The van der Waals surface area contributed by atoms with Crippen LogP contribution in [0.15, 0.2) is 30.3 Å². The molecule has 0 amide bonds. The van der Waals surface area contributed by atoms with Crippen LogP contribution in [-0.2, 0) is 19.5 Å². The summed E-state index contributed by atoms with van der Waals surface area (Å²) in [7, 11) is -4.98. The first-order chi connectivity index (χ1) is 8.41. The molecular formula is C13H22O3S2. The summed E-state index contributed by atoms with van der Waals surface area (Å²) in [5, 5.41) is 0. The van der Waals surface area contributed by atoms with Crippen molar-refractivity contribution >= 4 is 20.4 Å². The summed E-state index contributed by atoms with van der Waals surface area (Å²) in [5.74, 6) is 1.53. The first-order valence-corrected chi connectivity index (χ1v) is 10.0. The molecule has 0 aliphatic rings. The summed E-state index contributed by atoms with van der Waals surface area (Å²) >= 11 is 0. The molecule has 0 aliphatic heterocycles. The smallest absolute Gasteiger partial charge is 0.220 e. The molecule has 0 heterocycles. The van der Waals surface area contributed by atoms with Gasteiger partial charge in [0.15, 0.2) is 0 Å². The van der Waals surface area contributed by atoms with Crippen LogP contribution in [0, 0.1) is 0 Å². The van der Waals surface area contributed by atoms with E-state index < -0.39 is 20.4 Å². The summed E-state index contributed by atoms with van der Waals surface area (Å²) in [6, 6.07) is 9.90. The van der Waals surface area contributed by atoms with Crippen molar-refractivity contribution in [2.45, 2.75) is 26.0 Å². The van der Waals surface area contributed by atoms with Crippen molar-refractivity contribution in [3.05, 3.63) is 35.9 Å². The van der Waals surface area contributed by atoms with Gasteiger partial charge in [0, 0.05) is 5.75 Å². The maximum Gasteiger partial charge on any atom is 0.276 e. The second kappa shape index (κ2) is 6.59. The molecule has 1 aromatic rings. The molecule has 1 aromatic carbocycles. The van der Waals surface area contributed by atoms with E-state index in [-0.39, 0.29) is 5.75 Å². The predicted molar refractivity (Wildman–Crippen MR) is 79.4 cm³/mol. The zero-order valence-electron chi connectivity index (χ0n) is 11.3. The first kappa shape index (κ1) is 15.5. The van der Waals surface area contributed by atoms with E-state index in [1.807, 2.05) is 50.4 Å². The maximum atomic E-state index is 11.8. The monoisotopic (exact) mass is 290 g/mol. The van der Waals surface area contributed by atoms with Gasteiger partial charge in [-0.3, -0.25) is 0 Å². The molecule has 0 bridgehead atoms. The highest BCUT2D eigenvalue weighted by Crippen LogP contribution is 2.49. The van der Waals surface area contributed by atoms with Crippen LogP contribution in [-0.4, -0.2) is 26.2 Å². The van der Waals surface area contributed by atoms with Crippen molar-refractivity contribution in [2.75, 3.05) is 17.8 Å².